The molecule has 0 radical (unpaired) electrons. The summed E-state index contributed by atoms with van der Waals surface area (Å²) in [5, 5.41) is 13.7. The number of nitrogens with zero attached hydrogens (tertiary/aromatic N) is 4. The minimum absolute atomic E-state index is 0.474. The van der Waals surface area contributed by atoms with Gasteiger partial charge in [0.1, 0.15) is 5.76 Å². The van der Waals surface area contributed by atoms with E-state index in [9.17, 15) is 0 Å². The standard InChI is InChI=1S/C11H8Cl2N4OS/c1-6-2-8(18-16-6)5-19-11-15-14-10-9(13)3-7(12)4-17(10)11/h2-4H,5H2,1H3. The average molecular weight is 315 g/mol. The second-order valence-electron chi connectivity index (χ2n) is 3.91. The highest BCUT2D eigenvalue weighted by atomic mass is 35.5. The third-order valence-corrected chi connectivity index (χ3v) is 3.87. The molecule has 0 aliphatic heterocycles. The Morgan fingerprint density at radius 2 is 2.16 bits per heavy atom. The number of pyridine rings is 1. The first-order valence-electron chi connectivity index (χ1n) is 5.38. The van der Waals surface area contributed by atoms with E-state index in [1.165, 1.54) is 11.8 Å². The van der Waals surface area contributed by atoms with E-state index in [0.717, 1.165) is 11.5 Å². The van der Waals surface area contributed by atoms with Crippen molar-refractivity contribution in [3.8, 4) is 0 Å². The summed E-state index contributed by atoms with van der Waals surface area (Å²) in [6.07, 6.45) is 1.73. The number of aryl methyl sites for hydroxylation is 1. The molecule has 0 spiro atoms. The van der Waals surface area contributed by atoms with Crippen LogP contribution in [0.25, 0.3) is 5.65 Å². The number of rotatable bonds is 3. The normalized spacial score (nSPS) is 11.3. The van der Waals surface area contributed by atoms with Gasteiger partial charge in [0.2, 0.25) is 0 Å². The minimum Gasteiger partial charge on any atom is -0.360 e. The van der Waals surface area contributed by atoms with Crippen molar-refractivity contribution >= 4 is 40.6 Å². The zero-order chi connectivity index (χ0) is 13.4. The van der Waals surface area contributed by atoms with Crippen molar-refractivity contribution < 1.29 is 4.52 Å². The average Bonchev–Trinajstić information content (AvgIpc) is 2.93. The van der Waals surface area contributed by atoms with E-state index in [2.05, 4.69) is 15.4 Å². The van der Waals surface area contributed by atoms with Crippen molar-refractivity contribution in [2.75, 3.05) is 0 Å². The number of halogens is 2. The van der Waals surface area contributed by atoms with Crippen molar-refractivity contribution in [3.05, 3.63) is 39.8 Å². The maximum atomic E-state index is 6.05. The van der Waals surface area contributed by atoms with E-state index >= 15 is 0 Å². The minimum atomic E-state index is 0.474. The van der Waals surface area contributed by atoms with Crippen molar-refractivity contribution in [1.29, 1.82) is 0 Å². The van der Waals surface area contributed by atoms with Gasteiger partial charge in [-0.05, 0) is 13.0 Å². The van der Waals surface area contributed by atoms with Gasteiger partial charge in [0.05, 0.1) is 21.5 Å². The molecule has 8 heteroatoms. The Morgan fingerprint density at radius 3 is 2.89 bits per heavy atom. The molecule has 0 aliphatic carbocycles. The Morgan fingerprint density at radius 1 is 1.32 bits per heavy atom. The molecular formula is C11H8Cl2N4OS. The smallest absolute Gasteiger partial charge is 0.196 e. The van der Waals surface area contributed by atoms with Crippen LogP contribution < -0.4 is 0 Å². The molecule has 19 heavy (non-hydrogen) atoms. The molecule has 0 saturated carbocycles. The van der Waals surface area contributed by atoms with Gasteiger partial charge in [-0.25, -0.2) is 0 Å². The second-order valence-corrected chi connectivity index (χ2v) is 5.69. The summed E-state index contributed by atoms with van der Waals surface area (Å²) in [5.41, 5.74) is 1.44. The molecule has 98 valence electrons. The van der Waals surface area contributed by atoms with Gasteiger partial charge in [0.15, 0.2) is 10.8 Å². The molecule has 0 fully saturated rings. The van der Waals surface area contributed by atoms with E-state index in [4.69, 9.17) is 27.7 Å². The van der Waals surface area contributed by atoms with Gasteiger partial charge in [0.25, 0.3) is 0 Å². The van der Waals surface area contributed by atoms with Gasteiger partial charge in [-0.1, -0.05) is 40.1 Å². The van der Waals surface area contributed by atoms with Crippen LogP contribution in [0.2, 0.25) is 10.0 Å². The number of hydrogen-bond donors (Lipinski definition) is 0. The van der Waals surface area contributed by atoms with Crippen molar-refractivity contribution in [1.82, 2.24) is 19.8 Å². The number of aromatic nitrogens is 4. The molecule has 0 atom stereocenters. The van der Waals surface area contributed by atoms with Crippen LogP contribution in [0.5, 0.6) is 0 Å². The van der Waals surface area contributed by atoms with E-state index in [-0.39, 0.29) is 0 Å². The van der Waals surface area contributed by atoms with Gasteiger partial charge in [-0.3, -0.25) is 4.40 Å². The van der Waals surface area contributed by atoms with E-state index < -0.39 is 0 Å². The molecule has 0 aromatic carbocycles. The van der Waals surface area contributed by atoms with E-state index in [0.29, 0.717) is 26.6 Å². The molecule has 3 rings (SSSR count). The third kappa shape index (κ3) is 2.56. The number of fused-ring (bicyclic) bond motifs is 1. The van der Waals surface area contributed by atoms with Crippen LogP contribution in [0.15, 0.2) is 28.0 Å². The molecule has 5 nitrogen and oxygen atoms in total. The van der Waals surface area contributed by atoms with Crippen LogP contribution in [0.4, 0.5) is 0 Å². The van der Waals surface area contributed by atoms with Crippen molar-refractivity contribution in [2.24, 2.45) is 0 Å². The Kier molecular flexibility index (Phi) is 3.38. The lowest BCUT2D eigenvalue weighted by molar-refractivity contribution is 0.391. The van der Waals surface area contributed by atoms with Gasteiger partial charge in [0, 0.05) is 12.3 Å². The van der Waals surface area contributed by atoms with Crippen LogP contribution in [0.3, 0.4) is 0 Å². The lowest BCUT2D eigenvalue weighted by Crippen LogP contribution is -1.88. The highest BCUT2D eigenvalue weighted by Crippen LogP contribution is 2.27. The van der Waals surface area contributed by atoms with Crippen LogP contribution in [-0.4, -0.2) is 19.8 Å². The maximum Gasteiger partial charge on any atom is 0.196 e. The van der Waals surface area contributed by atoms with Crippen LogP contribution in [0, 0.1) is 6.92 Å². The molecule has 3 aromatic rings. The highest BCUT2D eigenvalue weighted by molar-refractivity contribution is 7.98. The van der Waals surface area contributed by atoms with Crippen LogP contribution in [0.1, 0.15) is 11.5 Å². The molecular weight excluding hydrogens is 307 g/mol. The van der Waals surface area contributed by atoms with E-state index in [1.54, 1.807) is 16.7 Å². The first-order chi connectivity index (χ1) is 9.13. The number of thioether (sulfide) groups is 1. The van der Waals surface area contributed by atoms with Crippen molar-refractivity contribution in [2.45, 2.75) is 17.8 Å². The summed E-state index contributed by atoms with van der Waals surface area (Å²) >= 11 is 13.5. The van der Waals surface area contributed by atoms with Gasteiger partial charge in [-0.15, -0.1) is 10.2 Å². The lowest BCUT2D eigenvalue weighted by Gasteiger charge is -2.00. The summed E-state index contributed by atoms with van der Waals surface area (Å²) in [4.78, 5) is 0. The summed E-state index contributed by atoms with van der Waals surface area (Å²) in [6.45, 7) is 1.88. The lowest BCUT2D eigenvalue weighted by atomic mass is 10.4. The first-order valence-corrected chi connectivity index (χ1v) is 7.12. The fraction of sp³-hybridized carbons (Fsp3) is 0.182. The third-order valence-electron chi connectivity index (χ3n) is 2.42. The molecule has 0 aliphatic rings. The summed E-state index contributed by atoms with van der Waals surface area (Å²) in [6, 6.07) is 3.53. The quantitative estimate of drug-likeness (QED) is 0.691. The SMILES string of the molecule is Cc1cc(CSc2nnc3c(Cl)cc(Cl)cn23)on1. The van der Waals surface area contributed by atoms with Crippen LogP contribution in [-0.2, 0) is 5.75 Å². The van der Waals surface area contributed by atoms with Gasteiger partial charge < -0.3 is 4.52 Å². The Hall–Kier alpha value is -1.24. The monoisotopic (exact) mass is 314 g/mol. The molecule has 0 unspecified atom stereocenters. The molecule has 0 amide bonds. The predicted molar refractivity (Wildman–Crippen MR) is 73.8 cm³/mol. The molecule has 0 N–H and O–H groups in total. The Labute approximate surface area is 122 Å². The van der Waals surface area contributed by atoms with Crippen molar-refractivity contribution in [3.63, 3.8) is 0 Å². The molecule has 0 saturated heterocycles. The summed E-state index contributed by atoms with van der Waals surface area (Å²) in [7, 11) is 0. The second kappa shape index (κ2) is 5.03. The summed E-state index contributed by atoms with van der Waals surface area (Å²) in [5.74, 6) is 1.40. The van der Waals surface area contributed by atoms with Gasteiger partial charge in [-0.2, -0.15) is 0 Å². The van der Waals surface area contributed by atoms with Gasteiger partial charge >= 0.3 is 0 Å². The fourth-order valence-electron chi connectivity index (χ4n) is 1.62. The largest absolute Gasteiger partial charge is 0.360 e. The predicted octanol–water partition coefficient (Wildman–Crippen LogP) is 3.62. The maximum absolute atomic E-state index is 6.05. The Balaban J connectivity index is 1.89. The molecule has 3 heterocycles. The van der Waals surface area contributed by atoms with Crippen LogP contribution >= 0.6 is 35.0 Å². The fourth-order valence-corrected chi connectivity index (χ4v) is 2.91. The zero-order valence-corrected chi connectivity index (χ0v) is 12.1. The topological polar surface area (TPSA) is 56.2 Å². The van der Waals surface area contributed by atoms with E-state index in [1.807, 2.05) is 13.0 Å². The summed E-state index contributed by atoms with van der Waals surface area (Å²) < 4.78 is 6.90. The zero-order valence-electron chi connectivity index (χ0n) is 9.80. The molecule has 3 aromatic heterocycles. The highest BCUT2D eigenvalue weighted by Gasteiger charge is 2.11. The Bertz CT molecular complexity index is 739. The first kappa shape index (κ1) is 12.8. The number of hydrogen-bond acceptors (Lipinski definition) is 5. The molecule has 0 bridgehead atoms.